The standard InChI is InChI=1S/C20H21N3O4S2/c1-3-27-18-11-7-4-8-15(18)20-21-14(13-28-20)12-19(24)22-16-9-5-6-10-17(16)23-29(2,25)26/h4-11,13,23H,3,12H2,1-2H3,(H,22,24). The van der Waals surface area contributed by atoms with Crippen molar-refractivity contribution in [1.29, 1.82) is 0 Å². The number of carbonyl (C=O) groups is 1. The second-order valence-corrected chi connectivity index (χ2v) is 8.82. The van der Waals surface area contributed by atoms with Gasteiger partial charge < -0.3 is 10.1 Å². The number of rotatable bonds is 8. The van der Waals surface area contributed by atoms with Gasteiger partial charge in [0.15, 0.2) is 0 Å². The van der Waals surface area contributed by atoms with Crippen molar-refractivity contribution in [2.75, 3.05) is 22.9 Å². The largest absolute Gasteiger partial charge is 0.493 e. The van der Waals surface area contributed by atoms with Crippen molar-refractivity contribution >= 4 is 38.6 Å². The van der Waals surface area contributed by atoms with Crippen LogP contribution in [-0.4, -0.2) is 32.2 Å². The zero-order valence-electron chi connectivity index (χ0n) is 16.0. The van der Waals surface area contributed by atoms with Gasteiger partial charge in [-0.05, 0) is 31.2 Å². The fraction of sp³-hybridized carbons (Fsp3) is 0.200. The highest BCUT2D eigenvalue weighted by molar-refractivity contribution is 7.92. The maximum absolute atomic E-state index is 12.5. The number of nitrogens with zero attached hydrogens (tertiary/aromatic N) is 1. The van der Waals surface area contributed by atoms with E-state index < -0.39 is 10.0 Å². The summed E-state index contributed by atoms with van der Waals surface area (Å²) in [5.74, 6) is 0.462. The zero-order valence-corrected chi connectivity index (χ0v) is 17.6. The molecule has 0 aliphatic heterocycles. The SMILES string of the molecule is CCOc1ccccc1-c1nc(CC(=O)Nc2ccccc2NS(C)(=O)=O)cs1. The van der Waals surface area contributed by atoms with Crippen LogP contribution in [0, 0.1) is 0 Å². The molecule has 29 heavy (non-hydrogen) atoms. The Morgan fingerprint density at radius 1 is 1.10 bits per heavy atom. The molecule has 2 N–H and O–H groups in total. The second kappa shape index (κ2) is 9.06. The van der Waals surface area contributed by atoms with Gasteiger partial charge in [0.1, 0.15) is 10.8 Å². The maximum Gasteiger partial charge on any atom is 0.230 e. The second-order valence-electron chi connectivity index (χ2n) is 6.22. The molecule has 3 rings (SSSR count). The molecule has 0 spiro atoms. The number of ether oxygens (including phenoxy) is 1. The maximum atomic E-state index is 12.5. The van der Waals surface area contributed by atoms with Gasteiger partial charge in [-0.2, -0.15) is 0 Å². The van der Waals surface area contributed by atoms with Crippen molar-refractivity contribution in [2.24, 2.45) is 0 Å². The van der Waals surface area contributed by atoms with Crippen LogP contribution in [0.2, 0.25) is 0 Å². The van der Waals surface area contributed by atoms with Crippen LogP contribution in [-0.2, 0) is 21.2 Å². The molecule has 152 valence electrons. The van der Waals surface area contributed by atoms with Crippen LogP contribution in [0.4, 0.5) is 11.4 Å². The Balaban J connectivity index is 1.72. The number of hydrogen-bond donors (Lipinski definition) is 2. The summed E-state index contributed by atoms with van der Waals surface area (Å²) in [7, 11) is -3.45. The Morgan fingerprint density at radius 2 is 1.79 bits per heavy atom. The van der Waals surface area contributed by atoms with Crippen molar-refractivity contribution in [2.45, 2.75) is 13.3 Å². The van der Waals surface area contributed by atoms with Crippen molar-refractivity contribution in [3.8, 4) is 16.3 Å². The molecule has 0 saturated carbocycles. The third-order valence-electron chi connectivity index (χ3n) is 3.81. The van der Waals surface area contributed by atoms with E-state index in [1.165, 1.54) is 11.3 Å². The molecular formula is C20H21N3O4S2. The lowest BCUT2D eigenvalue weighted by Gasteiger charge is -2.11. The lowest BCUT2D eigenvalue weighted by atomic mass is 10.2. The number of sulfonamides is 1. The summed E-state index contributed by atoms with van der Waals surface area (Å²) >= 11 is 1.44. The van der Waals surface area contributed by atoms with E-state index in [2.05, 4.69) is 15.0 Å². The zero-order chi connectivity index (χ0) is 20.9. The summed E-state index contributed by atoms with van der Waals surface area (Å²) in [5.41, 5.74) is 2.21. The molecule has 0 bridgehead atoms. The minimum Gasteiger partial charge on any atom is -0.493 e. The molecule has 0 atom stereocenters. The minimum absolute atomic E-state index is 0.0700. The van der Waals surface area contributed by atoms with Gasteiger partial charge in [0, 0.05) is 5.38 Å². The normalized spacial score (nSPS) is 11.1. The van der Waals surface area contributed by atoms with Crippen LogP contribution in [0.15, 0.2) is 53.9 Å². The van der Waals surface area contributed by atoms with Gasteiger partial charge in [0.2, 0.25) is 15.9 Å². The molecule has 0 aliphatic rings. The quantitative estimate of drug-likeness (QED) is 0.566. The average Bonchev–Trinajstić information content (AvgIpc) is 3.11. The molecule has 0 saturated heterocycles. The van der Waals surface area contributed by atoms with E-state index in [0.29, 0.717) is 23.7 Å². The van der Waals surface area contributed by atoms with Gasteiger partial charge in [-0.15, -0.1) is 11.3 Å². The van der Waals surface area contributed by atoms with Crippen LogP contribution in [0.5, 0.6) is 5.75 Å². The van der Waals surface area contributed by atoms with Gasteiger partial charge in [-0.3, -0.25) is 9.52 Å². The van der Waals surface area contributed by atoms with Crippen molar-refractivity contribution in [3.05, 3.63) is 59.6 Å². The number of thiazole rings is 1. The molecule has 3 aromatic rings. The first-order valence-corrected chi connectivity index (χ1v) is 11.7. The summed E-state index contributed by atoms with van der Waals surface area (Å²) in [6, 6.07) is 14.3. The lowest BCUT2D eigenvalue weighted by Crippen LogP contribution is -2.17. The number of amides is 1. The molecule has 0 radical (unpaired) electrons. The van der Waals surface area contributed by atoms with Gasteiger partial charge in [0.25, 0.3) is 0 Å². The highest BCUT2D eigenvalue weighted by atomic mass is 32.2. The molecule has 7 nitrogen and oxygen atoms in total. The fourth-order valence-electron chi connectivity index (χ4n) is 2.68. The summed E-state index contributed by atoms with van der Waals surface area (Å²) in [4.78, 5) is 17.0. The van der Waals surface area contributed by atoms with Crippen LogP contribution in [0.1, 0.15) is 12.6 Å². The Bertz CT molecular complexity index is 1110. The van der Waals surface area contributed by atoms with E-state index in [-0.39, 0.29) is 12.3 Å². The predicted molar refractivity (Wildman–Crippen MR) is 116 cm³/mol. The van der Waals surface area contributed by atoms with Crippen LogP contribution in [0.25, 0.3) is 10.6 Å². The lowest BCUT2D eigenvalue weighted by molar-refractivity contribution is -0.115. The fourth-order valence-corrected chi connectivity index (χ4v) is 4.10. The Labute approximate surface area is 173 Å². The highest BCUT2D eigenvalue weighted by Crippen LogP contribution is 2.32. The smallest absolute Gasteiger partial charge is 0.230 e. The molecule has 0 fully saturated rings. The van der Waals surface area contributed by atoms with E-state index in [0.717, 1.165) is 22.6 Å². The molecule has 1 heterocycles. The van der Waals surface area contributed by atoms with E-state index in [1.54, 1.807) is 24.3 Å². The molecular weight excluding hydrogens is 410 g/mol. The first-order chi connectivity index (χ1) is 13.9. The number of benzene rings is 2. The highest BCUT2D eigenvalue weighted by Gasteiger charge is 2.14. The van der Waals surface area contributed by atoms with E-state index in [9.17, 15) is 13.2 Å². The van der Waals surface area contributed by atoms with Gasteiger partial charge in [-0.1, -0.05) is 24.3 Å². The molecule has 2 aromatic carbocycles. The van der Waals surface area contributed by atoms with Crippen LogP contribution >= 0.6 is 11.3 Å². The number of aromatic nitrogens is 1. The number of para-hydroxylation sites is 3. The van der Waals surface area contributed by atoms with Crippen molar-refractivity contribution in [3.63, 3.8) is 0 Å². The monoisotopic (exact) mass is 431 g/mol. The third-order valence-corrected chi connectivity index (χ3v) is 5.32. The third kappa shape index (κ3) is 5.78. The molecule has 9 heteroatoms. The minimum atomic E-state index is -3.45. The van der Waals surface area contributed by atoms with Crippen molar-refractivity contribution < 1.29 is 17.9 Å². The number of hydrogen-bond acceptors (Lipinski definition) is 6. The summed E-state index contributed by atoms with van der Waals surface area (Å²) in [5, 5.41) is 5.34. The van der Waals surface area contributed by atoms with Crippen LogP contribution in [0.3, 0.4) is 0 Å². The molecule has 0 aliphatic carbocycles. The van der Waals surface area contributed by atoms with Crippen molar-refractivity contribution in [1.82, 2.24) is 4.98 Å². The Morgan fingerprint density at radius 3 is 2.52 bits per heavy atom. The Kier molecular flexibility index (Phi) is 6.50. The van der Waals surface area contributed by atoms with Gasteiger partial charge >= 0.3 is 0 Å². The number of nitrogens with one attached hydrogen (secondary N) is 2. The number of anilines is 2. The van der Waals surface area contributed by atoms with Gasteiger partial charge in [-0.25, -0.2) is 13.4 Å². The summed E-state index contributed by atoms with van der Waals surface area (Å²) in [6.07, 6.45) is 1.13. The molecule has 1 amide bonds. The van der Waals surface area contributed by atoms with E-state index in [4.69, 9.17) is 4.74 Å². The Hall–Kier alpha value is -2.91. The first kappa shape index (κ1) is 20.8. The summed E-state index contributed by atoms with van der Waals surface area (Å²) in [6.45, 7) is 2.48. The molecule has 1 aromatic heterocycles. The van der Waals surface area contributed by atoms with Crippen LogP contribution < -0.4 is 14.8 Å². The predicted octanol–water partition coefficient (Wildman–Crippen LogP) is 3.76. The number of carbonyl (C=O) groups excluding carboxylic acids is 1. The van der Waals surface area contributed by atoms with E-state index >= 15 is 0 Å². The van der Waals surface area contributed by atoms with E-state index in [1.807, 2.05) is 36.6 Å². The average molecular weight is 432 g/mol. The topological polar surface area (TPSA) is 97.4 Å². The first-order valence-electron chi connectivity index (χ1n) is 8.89. The summed E-state index contributed by atoms with van der Waals surface area (Å²) < 4.78 is 31.0. The molecule has 0 unspecified atom stereocenters. The van der Waals surface area contributed by atoms with Gasteiger partial charge in [0.05, 0.1) is 41.9 Å².